The van der Waals surface area contributed by atoms with Gasteiger partial charge in [-0.15, -0.1) is 0 Å². The van der Waals surface area contributed by atoms with Gasteiger partial charge < -0.3 is 5.73 Å². The maximum Gasteiger partial charge on any atom is 0.243 e. The summed E-state index contributed by atoms with van der Waals surface area (Å²) in [6, 6.07) is 7.41. The predicted octanol–water partition coefficient (Wildman–Crippen LogP) is 2.39. The first-order chi connectivity index (χ1) is 9.96. The van der Waals surface area contributed by atoms with E-state index in [4.69, 9.17) is 5.73 Å². The van der Waals surface area contributed by atoms with E-state index in [0.717, 1.165) is 31.2 Å². The van der Waals surface area contributed by atoms with E-state index in [9.17, 15) is 8.42 Å². The van der Waals surface area contributed by atoms with Crippen molar-refractivity contribution in [3.63, 3.8) is 0 Å². The van der Waals surface area contributed by atoms with Crippen molar-refractivity contribution in [3.8, 4) is 0 Å². The van der Waals surface area contributed by atoms with Gasteiger partial charge in [-0.2, -0.15) is 4.31 Å². The maximum atomic E-state index is 12.8. The summed E-state index contributed by atoms with van der Waals surface area (Å²) in [7, 11) is -3.36. The lowest BCUT2D eigenvalue weighted by atomic mass is 10.0. The minimum atomic E-state index is -3.36. The van der Waals surface area contributed by atoms with Crippen LogP contribution in [0, 0.1) is 5.92 Å². The molecule has 1 saturated heterocycles. The number of nitrogens with zero attached hydrogens (tertiary/aromatic N) is 1. The molecule has 1 heterocycles. The summed E-state index contributed by atoms with van der Waals surface area (Å²) in [5, 5.41) is 0. The lowest BCUT2D eigenvalue weighted by Crippen LogP contribution is -2.38. The van der Waals surface area contributed by atoms with Gasteiger partial charge in [0.05, 0.1) is 4.90 Å². The summed E-state index contributed by atoms with van der Waals surface area (Å²) in [6.45, 7) is 5.48. The van der Waals surface area contributed by atoms with Crippen molar-refractivity contribution >= 4 is 10.0 Å². The molecule has 21 heavy (non-hydrogen) atoms. The molecule has 1 unspecified atom stereocenters. The Bertz CT molecular complexity index is 552. The van der Waals surface area contributed by atoms with E-state index in [1.54, 1.807) is 16.4 Å². The number of benzene rings is 1. The smallest absolute Gasteiger partial charge is 0.243 e. The zero-order chi connectivity index (χ0) is 15.5. The molecule has 5 heteroatoms. The highest BCUT2D eigenvalue weighted by Crippen LogP contribution is 2.30. The largest absolute Gasteiger partial charge is 0.330 e. The van der Waals surface area contributed by atoms with E-state index in [-0.39, 0.29) is 6.04 Å². The van der Waals surface area contributed by atoms with Crippen LogP contribution >= 0.6 is 0 Å². The lowest BCUT2D eigenvalue weighted by Gasteiger charge is -2.27. The minimum Gasteiger partial charge on any atom is -0.330 e. The second-order valence-electron chi connectivity index (χ2n) is 6.11. The summed E-state index contributed by atoms with van der Waals surface area (Å²) in [4.78, 5) is 0.409. The van der Waals surface area contributed by atoms with Gasteiger partial charge in [-0.3, -0.25) is 0 Å². The number of nitrogens with two attached hydrogens (primary N) is 1. The van der Waals surface area contributed by atoms with Gasteiger partial charge in [0.1, 0.15) is 0 Å². The minimum absolute atomic E-state index is 0.131. The third kappa shape index (κ3) is 3.65. The van der Waals surface area contributed by atoms with E-state index in [1.807, 2.05) is 12.1 Å². The molecule has 0 saturated carbocycles. The van der Waals surface area contributed by atoms with Gasteiger partial charge >= 0.3 is 0 Å². The van der Waals surface area contributed by atoms with Gasteiger partial charge in [-0.25, -0.2) is 8.42 Å². The molecule has 0 radical (unpaired) electrons. The third-order valence-corrected chi connectivity index (χ3v) is 6.16. The first-order valence-corrected chi connectivity index (χ1v) is 9.21. The Balaban J connectivity index is 2.19. The van der Waals surface area contributed by atoms with Gasteiger partial charge in [0.25, 0.3) is 0 Å². The Kier molecular flexibility index (Phi) is 5.41. The molecular weight excluding hydrogens is 284 g/mol. The van der Waals surface area contributed by atoms with Crippen LogP contribution in [0.5, 0.6) is 0 Å². The number of rotatable bonds is 6. The van der Waals surface area contributed by atoms with Crippen molar-refractivity contribution in [3.05, 3.63) is 29.8 Å². The molecule has 0 bridgehead atoms. The second kappa shape index (κ2) is 6.90. The normalized spacial score (nSPS) is 20.3. The molecule has 1 aromatic carbocycles. The van der Waals surface area contributed by atoms with Gasteiger partial charge in [0.2, 0.25) is 10.0 Å². The van der Waals surface area contributed by atoms with Gasteiger partial charge in [0, 0.05) is 12.6 Å². The van der Waals surface area contributed by atoms with E-state index in [1.165, 1.54) is 0 Å². The Morgan fingerprint density at radius 3 is 2.52 bits per heavy atom. The Hall–Kier alpha value is -0.910. The summed E-state index contributed by atoms with van der Waals surface area (Å²) < 4.78 is 27.2. The average molecular weight is 310 g/mol. The monoisotopic (exact) mass is 310 g/mol. The van der Waals surface area contributed by atoms with E-state index in [0.29, 0.717) is 23.9 Å². The van der Waals surface area contributed by atoms with Crippen LogP contribution in [-0.2, 0) is 16.4 Å². The average Bonchev–Trinajstić information content (AvgIpc) is 2.96. The molecular formula is C16H26N2O2S. The Morgan fingerprint density at radius 2 is 1.95 bits per heavy atom. The van der Waals surface area contributed by atoms with Crippen molar-refractivity contribution in [2.45, 2.75) is 50.5 Å². The molecule has 1 atom stereocenters. The molecule has 2 N–H and O–H groups in total. The summed E-state index contributed by atoms with van der Waals surface area (Å²) in [6.07, 6.45) is 3.74. The highest BCUT2D eigenvalue weighted by atomic mass is 32.2. The van der Waals surface area contributed by atoms with Gasteiger partial charge in [-0.1, -0.05) is 26.0 Å². The molecule has 0 spiro atoms. The Labute approximate surface area is 128 Å². The lowest BCUT2D eigenvalue weighted by molar-refractivity contribution is 0.316. The molecule has 2 rings (SSSR count). The molecule has 1 aliphatic heterocycles. The highest BCUT2D eigenvalue weighted by molar-refractivity contribution is 7.89. The van der Waals surface area contributed by atoms with Crippen LogP contribution in [0.2, 0.25) is 0 Å². The van der Waals surface area contributed by atoms with E-state index < -0.39 is 10.0 Å². The maximum absolute atomic E-state index is 12.8. The number of hydrogen-bond acceptors (Lipinski definition) is 3. The molecule has 0 aliphatic carbocycles. The Morgan fingerprint density at radius 1 is 1.29 bits per heavy atom. The first-order valence-electron chi connectivity index (χ1n) is 7.77. The van der Waals surface area contributed by atoms with Crippen LogP contribution in [-0.4, -0.2) is 31.9 Å². The topological polar surface area (TPSA) is 63.4 Å². The van der Waals surface area contributed by atoms with Crippen LogP contribution < -0.4 is 5.73 Å². The standard InChI is InChI=1S/C16H26N2O2S/c1-13(2)16-6-4-12-18(16)21(19,20)15-9-7-14(8-10-15)5-3-11-17/h7-10,13,16H,3-6,11-12,17H2,1-2H3. The molecule has 1 aliphatic rings. The first kappa shape index (κ1) is 16.5. The molecule has 0 aromatic heterocycles. The highest BCUT2D eigenvalue weighted by Gasteiger charge is 2.36. The second-order valence-corrected chi connectivity index (χ2v) is 8.00. The molecule has 0 amide bonds. The van der Waals surface area contributed by atoms with Gasteiger partial charge in [-0.05, 0) is 55.8 Å². The van der Waals surface area contributed by atoms with Gasteiger partial charge in [0.15, 0.2) is 0 Å². The molecule has 4 nitrogen and oxygen atoms in total. The quantitative estimate of drug-likeness (QED) is 0.877. The van der Waals surface area contributed by atoms with Crippen LogP contribution in [0.1, 0.15) is 38.7 Å². The zero-order valence-corrected chi connectivity index (χ0v) is 13.8. The van der Waals surface area contributed by atoms with E-state index >= 15 is 0 Å². The molecule has 1 fully saturated rings. The number of sulfonamides is 1. The predicted molar refractivity (Wildman–Crippen MR) is 85.6 cm³/mol. The van der Waals surface area contributed by atoms with Crippen molar-refractivity contribution < 1.29 is 8.42 Å². The third-order valence-electron chi connectivity index (χ3n) is 4.22. The summed E-state index contributed by atoms with van der Waals surface area (Å²) >= 11 is 0. The fourth-order valence-corrected chi connectivity index (χ4v) is 4.83. The SMILES string of the molecule is CC(C)C1CCCN1S(=O)(=O)c1ccc(CCCN)cc1. The fourth-order valence-electron chi connectivity index (χ4n) is 3.00. The number of hydrogen-bond donors (Lipinski definition) is 1. The number of aryl methyl sites for hydroxylation is 1. The van der Waals surface area contributed by atoms with Crippen molar-refractivity contribution in [2.24, 2.45) is 11.7 Å². The molecule has 118 valence electrons. The van der Waals surface area contributed by atoms with Crippen molar-refractivity contribution in [1.82, 2.24) is 4.31 Å². The molecule has 1 aromatic rings. The summed E-state index contributed by atoms with van der Waals surface area (Å²) in [5.41, 5.74) is 6.64. The van der Waals surface area contributed by atoms with E-state index in [2.05, 4.69) is 13.8 Å². The van der Waals surface area contributed by atoms with Crippen LogP contribution in [0.4, 0.5) is 0 Å². The fraction of sp³-hybridized carbons (Fsp3) is 0.625. The van der Waals surface area contributed by atoms with Crippen molar-refractivity contribution in [1.29, 1.82) is 0 Å². The van der Waals surface area contributed by atoms with Crippen LogP contribution in [0.15, 0.2) is 29.2 Å². The zero-order valence-electron chi connectivity index (χ0n) is 13.0. The van der Waals surface area contributed by atoms with Crippen LogP contribution in [0.25, 0.3) is 0 Å². The van der Waals surface area contributed by atoms with Crippen LogP contribution in [0.3, 0.4) is 0 Å². The van der Waals surface area contributed by atoms with Crippen molar-refractivity contribution in [2.75, 3.05) is 13.1 Å². The summed E-state index contributed by atoms with van der Waals surface area (Å²) in [5.74, 6) is 0.353.